The fourth-order valence-corrected chi connectivity index (χ4v) is 2.83. The maximum absolute atomic E-state index is 12.2. The predicted octanol–water partition coefficient (Wildman–Crippen LogP) is 2.88. The minimum absolute atomic E-state index is 0.123. The van der Waals surface area contributed by atoms with E-state index >= 15 is 0 Å². The normalized spacial score (nSPS) is 11.2. The van der Waals surface area contributed by atoms with E-state index in [1.165, 1.54) is 0 Å². The average molecular weight is 336 g/mol. The van der Waals surface area contributed by atoms with E-state index in [1.807, 2.05) is 25.1 Å². The van der Waals surface area contributed by atoms with Crippen LogP contribution in [0.4, 0.5) is 5.69 Å². The van der Waals surface area contributed by atoms with Gasteiger partial charge in [0.05, 0.1) is 16.6 Å². The van der Waals surface area contributed by atoms with Crippen molar-refractivity contribution in [2.24, 2.45) is 0 Å². The highest BCUT2D eigenvalue weighted by Gasteiger charge is 2.09. The Morgan fingerprint density at radius 3 is 2.92 bits per heavy atom. The molecule has 4 rings (SSSR count). The van der Waals surface area contributed by atoms with Gasteiger partial charge < -0.3 is 14.7 Å². The highest BCUT2D eigenvalue weighted by molar-refractivity contribution is 5.92. The molecule has 7 nitrogen and oxygen atoms in total. The van der Waals surface area contributed by atoms with Crippen molar-refractivity contribution >= 4 is 33.7 Å². The second-order valence-electron chi connectivity index (χ2n) is 5.93. The van der Waals surface area contributed by atoms with Gasteiger partial charge in [-0.05, 0) is 36.8 Å². The van der Waals surface area contributed by atoms with Crippen molar-refractivity contribution in [2.45, 2.75) is 19.8 Å². The molecule has 126 valence electrons. The first-order valence-corrected chi connectivity index (χ1v) is 7.95. The summed E-state index contributed by atoms with van der Waals surface area (Å²) < 4.78 is 4.94. The Kier molecular flexibility index (Phi) is 3.61. The summed E-state index contributed by atoms with van der Waals surface area (Å²) in [5.41, 5.74) is 4.63. The van der Waals surface area contributed by atoms with Crippen LogP contribution in [0.25, 0.3) is 22.1 Å². The van der Waals surface area contributed by atoms with Crippen LogP contribution in [0.2, 0.25) is 0 Å². The Hall–Kier alpha value is -3.35. The third-order valence-electron chi connectivity index (χ3n) is 4.06. The number of aromatic nitrogens is 3. The lowest BCUT2D eigenvalue weighted by molar-refractivity contribution is -0.116. The number of aryl methyl sites for hydroxylation is 2. The van der Waals surface area contributed by atoms with E-state index in [9.17, 15) is 9.59 Å². The summed E-state index contributed by atoms with van der Waals surface area (Å²) in [7, 11) is 0. The molecule has 0 atom stereocenters. The van der Waals surface area contributed by atoms with E-state index in [0.29, 0.717) is 29.6 Å². The van der Waals surface area contributed by atoms with Gasteiger partial charge in [-0.2, -0.15) is 0 Å². The molecule has 0 aliphatic heterocycles. The van der Waals surface area contributed by atoms with Gasteiger partial charge in [0.25, 0.3) is 0 Å². The van der Waals surface area contributed by atoms with Crippen molar-refractivity contribution in [1.82, 2.24) is 15.0 Å². The molecule has 0 aliphatic carbocycles. The molecule has 0 unspecified atom stereocenters. The first-order valence-electron chi connectivity index (χ1n) is 7.95. The van der Waals surface area contributed by atoms with Gasteiger partial charge >= 0.3 is 5.76 Å². The SMILES string of the molecule is Cc1cccc2[nH]c(CCC(=O)Nc3ccc4oc(=O)[nH]c4c3)nc12. The predicted molar refractivity (Wildman–Crippen MR) is 94.6 cm³/mol. The molecule has 0 fully saturated rings. The third-order valence-corrected chi connectivity index (χ3v) is 4.06. The zero-order valence-electron chi connectivity index (χ0n) is 13.6. The van der Waals surface area contributed by atoms with Crippen LogP contribution in [0.15, 0.2) is 45.6 Å². The monoisotopic (exact) mass is 336 g/mol. The van der Waals surface area contributed by atoms with Crippen LogP contribution in [-0.4, -0.2) is 20.9 Å². The lowest BCUT2D eigenvalue weighted by Gasteiger charge is -2.04. The molecule has 0 aliphatic rings. The molecule has 0 saturated carbocycles. The number of amides is 1. The Balaban J connectivity index is 1.43. The van der Waals surface area contributed by atoms with Crippen molar-refractivity contribution in [3.63, 3.8) is 0 Å². The quantitative estimate of drug-likeness (QED) is 0.533. The maximum atomic E-state index is 12.2. The molecule has 2 aromatic carbocycles. The number of nitrogens with zero attached hydrogens (tertiary/aromatic N) is 1. The first-order chi connectivity index (χ1) is 12.1. The topological polar surface area (TPSA) is 104 Å². The van der Waals surface area contributed by atoms with Crippen molar-refractivity contribution in [1.29, 1.82) is 0 Å². The smallest absolute Gasteiger partial charge is 0.408 e. The molecule has 3 N–H and O–H groups in total. The highest BCUT2D eigenvalue weighted by atomic mass is 16.4. The summed E-state index contributed by atoms with van der Waals surface area (Å²) in [5, 5.41) is 2.81. The third kappa shape index (κ3) is 3.03. The summed E-state index contributed by atoms with van der Waals surface area (Å²) in [6.45, 7) is 2.01. The number of fused-ring (bicyclic) bond motifs is 2. The van der Waals surface area contributed by atoms with E-state index in [4.69, 9.17) is 4.42 Å². The van der Waals surface area contributed by atoms with E-state index < -0.39 is 5.76 Å². The van der Waals surface area contributed by atoms with E-state index in [-0.39, 0.29) is 5.91 Å². The summed E-state index contributed by atoms with van der Waals surface area (Å²) in [6, 6.07) is 11.0. The molecular formula is C18H16N4O3. The van der Waals surface area contributed by atoms with Crippen LogP contribution in [0.1, 0.15) is 17.8 Å². The Bertz CT molecular complexity index is 1140. The second kappa shape index (κ2) is 5.94. The maximum Gasteiger partial charge on any atom is 0.417 e. The lowest BCUT2D eigenvalue weighted by atomic mass is 10.2. The number of hydrogen-bond donors (Lipinski definition) is 3. The molecule has 0 saturated heterocycles. The zero-order valence-corrected chi connectivity index (χ0v) is 13.6. The molecule has 2 heterocycles. The number of benzene rings is 2. The molecular weight excluding hydrogens is 320 g/mol. The van der Waals surface area contributed by atoms with Gasteiger partial charge in [-0.15, -0.1) is 0 Å². The number of anilines is 1. The van der Waals surface area contributed by atoms with Gasteiger partial charge in [-0.3, -0.25) is 9.78 Å². The number of carbonyl (C=O) groups excluding carboxylic acids is 1. The molecule has 25 heavy (non-hydrogen) atoms. The van der Waals surface area contributed by atoms with Crippen LogP contribution in [-0.2, 0) is 11.2 Å². The fraction of sp³-hybridized carbons (Fsp3) is 0.167. The van der Waals surface area contributed by atoms with Gasteiger partial charge in [0, 0.05) is 18.5 Å². The van der Waals surface area contributed by atoms with E-state index in [0.717, 1.165) is 22.4 Å². The Morgan fingerprint density at radius 2 is 2.08 bits per heavy atom. The van der Waals surface area contributed by atoms with Crippen molar-refractivity contribution in [2.75, 3.05) is 5.32 Å². The lowest BCUT2D eigenvalue weighted by Crippen LogP contribution is -2.12. The highest BCUT2D eigenvalue weighted by Crippen LogP contribution is 2.18. The van der Waals surface area contributed by atoms with Crippen LogP contribution in [0, 0.1) is 6.92 Å². The largest absolute Gasteiger partial charge is 0.417 e. The molecule has 0 bridgehead atoms. The van der Waals surface area contributed by atoms with E-state index in [2.05, 4.69) is 20.3 Å². The average Bonchev–Trinajstić information content (AvgIpc) is 3.15. The number of aromatic amines is 2. The standard InChI is InChI=1S/C18H16N4O3/c1-10-3-2-4-12-17(10)22-15(20-12)7-8-16(23)19-11-5-6-14-13(9-11)21-18(24)25-14/h2-6,9H,7-8H2,1H3,(H,19,23)(H,20,22)(H,21,24). The zero-order chi connectivity index (χ0) is 17.4. The van der Waals surface area contributed by atoms with Gasteiger partial charge in [-0.25, -0.2) is 9.78 Å². The second-order valence-corrected chi connectivity index (χ2v) is 5.93. The van der Waals surface area contributed by atoms with Crippen LogP contribution in [0.5, 0.6) is 0 Å². The number of imidazole rings is 1. The number of carbonyl (C=O) groups is 1. The molecule has 7 heteroatoms. The number of para-hydroxylation sites is 1. The summed E-state index contributed by atoms with van der Waals surface area (Å²) in [6.07, 6.45) is 0.823. The minimum Gasteiger partial charge on any atom is -0.408 e. The minimum atomic E-state index is -0.515. The molecule has 1 amide bonds. The summed E-state index contributed by atoms with van der Waals surface area (Å²) >= 11 is 0. The molecule has 4 aromatic rings. The van der Waals surface area contributed by atoms with Crippen molar-refractivity contribution in [3.05, 3.63) is 58.3 Å². The molecule has 2 aromatic heterocycles. The number of nitrogens with one attached hydrogen (secondary N) is 3. The molecule has 0 radical (unpaired) electrons. The number of oxazole rings is 1. The number of hydrogen-bond acceptors (Lipinski definition) is 4. The van der Waals surface area contributed by atoms with Gasteiger partial charge in [0.2, 0.25) is 5.91 Å². The van der Waals surface area contributed by atoms with Crippen molar-refractivity contribution < 1.29 is 9.21 Å². The number of H-pyrrole nitrogens is 2. The first kappa shape index (κ1) is 15.2. The van der Waals surface area contributed by atoms with Crippen LogP contribution < -0.4 is 11.1 Å². The van der Waals surface area contributed by atoms with Gasteiger partial charge in [0.1, 0.15) is 5.82 Å². The Labute approximate surface area is 142 Å². The van der Waals surface area contributed by atoms with Crippen LogP contribution >= 0.6 is 0 Å². The van der Waals surface area contributed by atoms with Crippen molar-refractivity contribution in [3.8, 4) is 0 Å². The van der Waals surface area contributed by atoms with E-state index in [1.54, 1.807) is 18.2 Å². The van der Waals surface area contributed by atoms with Gasteiger partial charge in [0.15, 0.2) is 5.58 Å². The van der Waals surface area contributed by atoms with Crippen LogP contribution in [0.3, 0.4) is 0 Å². The fourth-order valence-electron chi connectivity index (χ4n) is 2.83. The summed E-state index contributed by atoms with van der Waals surface area (Å²) in [4.78, 5) is 33.7. The Morgan fingerprint density at radius 1 is 1.20 bits per heavy atom. The number of rotatable bonds is 4. The van der Waals surface area contributed by atoms with Gasteiger partial charge in [-0.1, -0.05) is 12.1 Å². The summed E-state index contributed by atoms with van der Waals surface area (Å²) in [5.74, 6) is 0.148. The molecule has 0 spiro atoms.